The number of aromatic nitrogens is 2. The number of hydrogen-bond donors (Lipinski definition) is 2. The number of nitrogens with one attached hydrogen (secondary N) is 2. The Hall–Kier alpha value is -3.17. The van der Waals surface area contributed by atoms with Crippen LogP contribution < -0.4 is 16.2 Å². The number of ether oxygens (including phenoxy) is 1. The first-order chi connectivity index (χ1) is 16.0. The summed E-state index contributed by atoms with van der Waals surface area (Å²) in [5.74, 6) is -0.461. The monoisotopic (exact) mass is 466 g/mol. The summed E-state index contributed by atoms with van der Waals surface area (Å²) < 4.78 is 7.30. The van der Waals surface area contributed by atoms with Crippen molar-refractivity contribution in [1.29, 1.82) is 0 Å². The standard InChI is InChI=1S/C24H26N4O4S/c1-16(21(29)27-23(31)25-14-17-8-3-2-4-9-17)33-24-26-20-12-6-5-11-19(20)22(30)28(24)15-18-10-7-13-32-18/h2-6,8-9,11-12,16,18H,7,10,13-15H2,1H3,(H2,25,27,29,31)/t16-,18+/m0/s1. The highest BCUT2D eigenvalue weighted by molar-refractivity contribution is 8.00. The van der Waals surface area contributed by atoms with E-state index in [2.05, 4.69) is 15.6 Å². The molecule has 0 bridgehead atoms. The smallest absolute Gasteiger partial charge is 0.321 e. The van der Waals surface area contributed by atoms with Crippen molar-refractivity contribution >= 4 is 34.6 Å². The van der Waals surface area contributed by atoms with Crippen LogP contribution in [0.2, 0.25) is 0 Å². The predicted molar refractivity (Wildman–Crippen MR) is 127 cm³/mol. The molecule has 1 aromatic heterocycles. The first-order valence-electron chi connectivity index (χ1n) is 10.9. The minimum atomic E-state index is -0.642. The number of benzene rings is 2. The van der Waals surface area contributed by atoms with Gasteiger partial charge in [0.05, 0.1) is 28.8 Å². The molecule has 1 fully saturated rings. The third kappa shape index (κ3) is 5.80. The summed E-state index contributed by atoms with van der Waals surface area (Å²) in [6.07, 6.45) is 1.78. The first kappa shape index (κ1) is 23.0. The molecule has 3 aromatic rings. The molecule has 0 unspecified atom stereocenters. The lowest BCUT2D eigenvalue weighted by Gasteiger charge is -2.18. The van der Waals surface area contributed by atoms with E-state index in [0.717, 1.165) is 30.2 Å². The Balaban J connectivity index is 1.46. The Morgan fingerprint density at radius 2 is 1.94 bits per heavy atom. The van der Waals surface area contributed by atoms with Gasteiger partial charge in [-0.05, 0) is 37.5 Å². The van der Waals surface area contributed by atoms with Crippen molar-refractivity contribution in [1.82, 2.24) is 20.2 Å². The molecule has 1 aliphatic rings. The molecule has 33 heavy (non-hydrogen) atoms. The van der Waals surface area contributed by atoms with Gasteiger partial charge in [0.1, 0.15) is 0 Å². The molecule has 2 heterocycles. The van der Waals surface area contributed by atoms with E-state index in [1.165, 1.54) is 0 Å². The van der Waals surface area contributed by atoms with Crippen LogP contribution in [0.1, 0.15) is 25.3 Å². The van der Waals surface area contributed by atoms with E-state index in [0.29, 0.717) is 35.8 Å². The van der Waals surface area contributed by atoms with Gasteiger partial charge in [0.2, 0.25) is 5.91 Å². The second kappa shape index (κ2) is 10.6. The van der Waals surface area contributed by atoms with Gasteiger partial charge in [-0.1, -0.05) is 54.2 Å². The van der Waals surface area contributed by atoms with Crippen molar-refractivity contribution in [3.05, 3.63) is 70.5 Å². The van der Waals surface area contributed by atoms with Crippen molar-refractivity contribution < 1.29 is 14.3 Å². The highest BCUT2D eigenvalue weighted by Gasteiger charge is 2.24. The topological polar surface area (TPSA) is 102 Å². The van der Waals surface area contributed by atoms with Gasteiger partial charge >= 0.3 is 6.03 Å². The fraction of sp³-hybridized carbons (Fsp3) is 0.333. The van der Waals surface area contributed by atoms with Gasteiger partial charge in [0, 0.05) is 13.2 Å². The van der Waals surface area contributed by atoms with Crippen LogP contribution in [0.5, 0.6) is 0 Å². The number of nitrogens with zero attached hydrogens (tertiary/aromatic N) is 2. The summed E-state index contributed by atoms with van der Waals surface area (Å²) in [6, 6.07) is 16.0. The van der Waals surface area contributed by atoms with Gasteiger partial charge in [-0.25, -0.2) is 9.78 Å². The van der Waals surface area contributed by atoms with Crippen LogP contribution in [-0.4, -0.2) is 39.5 Å². The van der Waals surface area contributed by atoms with Crippen molar-refractivity contribution in [2.75, 3.05) is 6.61 Å². The van der Waals surface area contributed by atoms with E-state index in [1.54, 1.807) is 29.7 Å². The summed E-state index contributed by atoms with van der Waals surface area (Å²) in [6.45, 7) is 3.06. The number of carbonyl (C=O) groups excluding carboxylic acids is 2. The molecule has 1 aliphatic heterocycles. The largest absolute Gasteiger partial charge is 0.376 e. The predicted octanol–water partition coefficient (Wildman–Crippen LogP) is 3.08. The zero-order chi connectivity index (χ0) is 23.2. The van der Waals surface area contributed by atoms with Crippen molar-refractivity contribution in [2.45, 2.75) is 49.4 Å². The summed E-state index contributed by atoms with van der Waals surface area (Å²) in [4.78, 5) is 42.6. The van der Waals surface area contributed by atoms with Gasteiger partial charge in [-0.2, -0.15) is 0 Å². The maximum absolute atomic E-state index is 13.2. The molecule has 8 nitrogen and oxygen atoms in total. The van der Waals surface area contributed by atoms with E-state index in [-0.39, 0.29) is 11.7 Å². The number of carbonyl (C=O) groups is 2. The molecule has 0 saturated carbocycles. The molecule has 1 saturated heterocycles. The Bertz CT molecular complexity index is 1190. The van der Waals surface area contributed by atoms with Crippen molar-refractivity contribution in [3.63, 3.8) is 0 Å². The van der Waals surface area contributed by atoms with Crippen LogP contribution >= 0.6 is 11.8 Å². The average molecular weight is 467 g/mol. The summed E-state index contributed by atoms with van der Waals surface area (Å²) in [5, 5.41) is 5.35. The highest BCUT2D eigenvalue weighted by Crippen LogP contribution is 2.24. The normalized spacial score (nSPS) is 16.5. The van der Waals surface area contributed by atoms with Gasteiger partial charge in [0.15, 0.2) is 5.16 Å². The molecule has 0 spiro atoms. The molecule has 2 N–H and O–H groups in total. The van der Waals surface area contributed by atoms with Crippen LogP contribution in [0.3, 0.4) is 0 Å². The number of hydrogen-bond acceptors (Lipinski definition) is 6. The molecule has 0 aliphatic carbocycles. The fourth-order valence-electron chi connectivity index (χ4n) is 3.64. The van der Waals surface area contributed by atoms with E-state index < -0.39 is 17.2 Å². The quantitative estimate of drug-likeness (QED) is 0.410. The van der Waals surface area contributed by atoms with Gasteiger partial charge in [-0.3, -0.25) is 19.5 Å². The maximum atomic E-state index is 13.2. The molecule has 4 rings (SSSR count). The van der Waals surface area contributed by atoms with Gasteiger partial charge < -0.3 is 10.1 Å². The highest BCUT2D eigenvalue weighted by atomic mass is 32.2. The molecule has 3 amide bonds. The van der Waals surface area contributed by atoms with Crippen molar-refractivity contribution in [3.8, 4) is 0 Å². The lowest BCUT2D eigenvalue weighted by atomic mass is 10.2. The second-order valence-electron chi connectivity index (χ2n) is 7.88. The third-order valence-corrected chi connectivity index (χ3v) is 6.51. The molecular formula is C24H26N4O4S. The minimum absolute atomic E-state index is 0.0575. The molecule has 172 valence electrons. The summed E-state index contributed by atoms with van der Waals surface area (Å²) in [7, 11) is 0. The van der Waals surface area contributed by atoms with E-state index >= 15 is 0 Å². The van der Waals surface area contributed by atoms with Gasteiger partial charge in [-0.15, -0.1) is 0 Å². The zero-order valence-electron chi connectivity index (χ0n) is 18.3. The molecule has 2 aromatic carbocycles. The Morgan fingerprint density at radius 3 is 2.70 bits per heavy atom. The number of imide groups is 1. The Labute approximate surface area is 195 Å². The first-order valence-corrected chi connectivity index (χ1v) is 11.8. The lowest BCUT2D eigenvalue weighted by molar-refractivity contribution is -0.119. The fourth-order valence-corrected chi connectivity index (χ4v) is 4.56. The SMILES string of the molecule is C[C@H](Sc1nc2ccccc2c(=O)n1C[C@H]1CCCO1)C(=O)NC(=O)NCc1ccccc1. The number of fused-ring (bicyclic) bond motifs is 1. The van der Waals surface area contributed by atoms with Crippen LogP contribution in [-0.2, 0) is 22.6 Å². The zero-order valence-corrected chi connectivity index (χ0v) is 19.1. The van der Waals surface area contributed by atoms with E-state index in [9.17, 15) is 14.4 Å². The Morgan fingerprint density at radius 1 is 1.18 bits per heavy atom. The van der Waals surface area contributed by atoms with Crippen LogP contribution in [0, 0.1) is 0 Å². The number of para-hydroxylation sites is 1. The second-order valence-corrected chi connectivity index (χ2v) is 9.19. The minimum Gasteiger partial charge on any atom is -0.376 e. The third-order valence-electron chi connectivity index (χ3n) is 5.42. The van der Waals surface area contributed by atoms with Crippen LogP contribution in [0.25, 0.3) is 10.9 Å². The van der Waals surface area contributed by atoms with Gasteiger partial charge in [0.25, 0.3) is 5.56 Å². The number of thioether (sulfide) groups is 1. The average Bonchev–Trinajstić information content (AvgIpc) is 3.34. The number of urea groups is 1. The Kier molecular flexibility index (Phi) is 7.41. The molecule has 9 heteroatoms. The number of amides is 3. The maximum Gasteiger partial charge on any atom is 0.321 e. The van der Waals surface area contributed by atoms with Crippen LogP contribution in [0.15, 0.2) is 64.5 Å². The van der Waals surface area contributed by atoms with E-state index in [1.807, 2.05) is 36.4 Å². The van der Waals surface area contributed by atoms with E-state index in [4.69, 9.17) is 4.74 Å². The lowest BCUT2D eigenvalue weighted by Crippen LogP contribution is -2.42. The molecule has 2 atom stereocenters. The molecule has 0 radical (unpaired) electrons. The van der Waals surface area contributed by atoms with Crippen LogP contribution in [0.4, 0.5) is 4.79 Å². The number of rotatable bonds is 7. The molecular weight excluding hydrogens is 440 g/mol. The summed E-state index contributed by atoms with van der Waals surface area (Å²) in [5.41, 5.74) is 1.34. The summed E-state index contributed by atoms with van der Waals surface area (Å²) >= 11 is 1.15. The van der Waals surface area contributed by atoms with Crippen molar-refractivity contribution in [2.24, 2.45) is 0 Å².